The van der Waals surface area contributed by atoms with Crippen LogP contribution in [-0.2, 0) is 9.53 Å². The molecule has 0 rings (SSSR count). The summed E-state index contributed by atoms with van der Waals surface area (Å²) >= 11 is 2.33. The molecule has 0 heterocycles. The quantitative estimate of drug-likeness (QED) is 0.197. The second-order valence-corrected chi connectivity index (χ2v) is 3.25. The van der Waals surface area contributed by atoms with Crippen LogP contribution in [0.2, 0.25) is 0 Å². The van der Waals surface area contributed by atoms with Gasteiger partial charge in [0.15, 0.2) is 0 Å². The van der Waals surface area contributed by atoms with Crippen molar-refractivity contribution in [2.75, 3.05) is 11.0 Å². The summed E-state index contributed by atoms with van der Waals surface area (Å²) in [6.45, 7) is 2.18. The van der Waals surface area contributed by atoms with Gasteiger partial charge in [0.25, 0.3) is 0 Å². The van der Waals surface area contributed by atoms with Gasteiger partial charge in [-0.25, -0.2) is 4.79 Å². The van der Waals surface area contributed by atoms with Gasteiger partial charge < -0.3 is 4.74 Å². The van der Waals surface area contributed by atoms with E-state index in [0.717, 1.165) is 23.7 Å². The van der Waals surface area contributed by atoms with Gasteiger partial charge in [-0.3, -0.25) is 0 Å². The van der Waals surface area contributed by atoms with E-state index in [2.05, 4.69) is 39.2 Å². The Morgan fingerprint density at radius 1 is 1.50 bits per heavy atom. The minimum Gasteiger partial charge on any atom is -0.456 e. The van der Waals surface area contributed by atoms with E-state index >= 15 is 0 Å². The summed E-state index contributed by atoms with van der Waals surface area (Å²) in [7, 11) is 0. The van der Waals surface area contributed by atoms with Gasteiger partial charge in [0.1, 0.15) is 0 Å². The van der Waals surface area contributed by atoms with E-state index in [0.29, 0.717) is 6.61 Å². The van der Waals surface area contributed by atoms with Gasteiger partial charge >= 0.3 is 5.97 Å². The molecule has 0 aliphatic rings. The lowest BCUT2D eigenvalue weighted by Crippen LogP contribution is -1.99. The monoisotopic (exact) mass is 280 g/mol. The first-order valence-corrected chi connectivity index (χ1v) is 5.55. The Morgan fingerprint density at radius 2 is 2.25 bits per heavy atom. The van der Waals surface area contributed by atoms with E-state index in [1.165, 1.54) is 0 Å². The summed E-state index contributed by atoms with van der Waals surface area (Å²) in [5.41, 5.74) is 0. The molecular formula is C9H13IO2. The summed E-state index contributed by atoms with van der Waals surface area (Å²) in [4.78, 5) is 10.7. The molecule has 68 valence electrons. The zero-order valence-electron chi connectivity index (χ0n) is 7.23. The van der Waals surface area contributed by atoms with Gasteiger partial charge in [0.2, 0.25) is 0 Å². The molecule has 0 saturated heterocycles. The molecule has 0 bridgehead atoms. The number of carbonyl (C=O) groups is 1. The van der Waals surface area contributed by atoms with Crippen molar-refractivity contribution in [2.45, 2.75) is 26.2 Å². The largest absolute Gasteiger partial charge is 0.456 e. The number of unbranched alkanes of at least 4 members (excludes halogenated alkanes) is 2. The van der Waals surface area contributed by atoms with E-state index in [-0.39, 0.29) is 0 Å². The Morgan fingerprint density at radius 3 is 2.83 bits per heavy atom. The normalized spacial score (nSPS) is 8.50. The van der Waals surface area contributed by atoms with Crippen LogP contribution in [-0.4, -0.2) is 17.0 Å². The van der Waals surface area contributed by atoms with Gasteiger partial charge in [0.05, 0.1) is 6.61 Å². The van der Waals surface area contributed by atoms with Crippen molar-refractivity contribution in [3.8, 4) is 11.8 Å². The first kappa shape index (κ1) is 11.8. The maximum Gasteiger partial charge on any atom is 0.384 e. The molecule has 3 heteroatoms. The fourth-order valence-electron chi connectivity index (χ4n) is 0.610. The third-order valence-corrected chi connectivity index (χ3v) is 1.91. The molecule has 0 aromatic carbocycles. The van der Waals surface area contributed by atoms with Crippen LogP contribution in [0.4, 0.5) is 0 Å². The number of ether oxygens (including phenoxy) is 1. The zero-order chi connectivity index (χ0) is 9.23. The van der Waals surface area contributed by atoms with Gasteiger partial charge in [-0.05, 0) is 24.2 Å². The molecule has 0 spiro atoms. The van der Waals surface area contributed by atoms with Crippen molar-refractivity contribution in [1.29, 1.82) is 0 Å². The van der Waals surface area contributed by atoms with Crippen LogP contribution in [0.15, 0.2) is 0 Å². The maximum atomic E-state index is 10.7. The molecule has 0 atom stereocenters. The number of esters is 1. The van der Waals surface area contributed by atoms with E-state index < -0.39 is 5.97 Å². The Kier molecular flexibility index (Phi) is 8.68. The van der Waals surface area contributed by atoms with Crippen LogP contribution >= 0.6 is 22.6 Å². The van der Waals surface area contributed by atoms with E-state index in [1.807, 2.05) is 0 Å². The van der Waals surface area contributed by atoms with E-state index in [1.54, 1.807) is 6.92 Å². The first-order valence-electron chi connectivity index (χ1n) is 4.02. The molecule has 0 saturated carbocycles. The minimum absolute atomic E-state index is 0.404. The molecule has 0 N–H and O–H groups in total. The fourth-order valence-corrected chi connectivity index (χ4v) is 1.15. The van der Waals surface area contributed by atoms with Crippen molar-refractivity contribution in [3.05, 3.63) is 0 Å². The molecule has 0 aromatic heterocycles. The Bertz CT molecular complexity index is 179. The molecule has 12 heavy (non-hydrogen) atoms. The highest BCUT2D eigenvalue weighted by Crippen LogP contribution is 1.96. The number of alkyl halides is 1. The zero-order valence-corrected chi connectivity index (χ0v) is 9.39. The molecule has 0 aromatic rings. The first-order chi connectivity index (χ1) is 5.81. The lowest BCUT2D eigenvalue weighted by molar-refractivity contribution is -0.136. The molecule has 2 nitrogen and oxygen atoms in total. The van der Waals surface area contributed by atoms with Crippen LogP contribution in [0.25, 0.3) is 0 Å². The lowest BCUT2D eigenvalue weighted by atomic mass is 10.2. The summed E-state index contributed by atoms with van der Waals surface area (Å²) in [5, 5.41) is 0. The SMILES string of the molecule is CCOC(=O)C#CCCCCI. The van der Waals surface area contributed by atoms with Crippen molar-refractivity contribution in [1.82, 2.24) is 0 Å². The predicted octanol–water partition coefficient (Wildman–Crippen LogP) is 2.16. The molecule has 0 aliphatic carbocycles. The second-order valence-electron chi connectivity index (χ2n) is 2.17. The average Bonchev–Trinajstić information content (AvgIpc) is 2.05. The van der Waals surface area contributed by atoms with Gasteiger partial charge in [-0.1, -0.05) is 28.5 Å². The number of hydrogen-bond acceptors (Lipinski definition) is 2. The maximum absolute atomic E-state index is 10.7. The lowest BCUT2D eigenvalue weighted by Gasteiger charge is -1.91. The van der Waals surface area contributed by atoms with Gasteiger partial charge in [-0.2, -0.15) is 0 Å². The van der Waals surface area contributed by atoms with Crippen LogP contribution in [0.3, 0.4) is 0 Å². The van der Waals surface area contributed by atoms with Crippen LogP contribution in [0, 0.1) is 11.8 Å². The summed E-state index contributed by atoms with van der Waals surface area (Å²) in [6.07, 6.45) is 3.02. The number of halogens is 1. The molecule has 0 radical (unpaired) electrons. The number of carbonyl (C=O) groups excluding carboxylic acids is 1. The van der Waals surface area contributed by atoms with Crippen LogP contribution in [0.1, 0.15) is 26.2 Å². The summed E-state index contributed by atoms with van der Waals surface area (Å²) in [6, 6.07) is 0. The molecule has 0 aliphatic heterocycles. The average molecular weight is 280 g/mol. The Labute approximate surface area is 87.2 Å². The second kappa shape index (κ2) is 8.85. The minimum atomic E-state index is -0.410. The van der Waals surface area contributed by atoms with Crippen LogP contribution in [0.5, 0.6) is 0 Å². The third-order valence-electron chi connectivity index (χ3n) is 1.15. The smallest absolute Gasteiger partial charge is 0.384 e. The van der Waals surface area contributed by atoms with Crippen molar-refractivity contribution >= 4 is 28.6 Å². The van der Waals surface area contributed by atoms with Crippen molar-refractivity contribution in [3.63, 3.8) is 0 Å². The van der Waals surface area contributed by atoms with Gasteiger partial charge in [0, 0.05) is 12.3 Å². The number of hydrogen-bond donors (Lipinski definition) is 0. The Hall–Kier alpha value is -0.240. The van der Waals surface area contributed by atoms with Crippen molar-refractivity contribution < 1.29 is 9.53 Å². The molecular weight excluding hydrogens is 267 g/mol. The van der Waals surface area contributed by atoms with Crippen LogP contribution < -0.4 is 0 Å². The topological polar surface area (TPSA) is 26.3 Å². The molecule has 0 fully saturated rings. The predicted molar refractivity (Wildman–Crippen MR) is 57.1 cm³/mol. The summed E-state index contributed by atoms with van der Waals surface area (Å²) < 4.78 is 5.79. The number of rotatable bonds is 4. The van der Waals surface area contributed by atoms with E-state index in [4.69, 9.17) is 0 Å². The molecule has 0 unspecified atom stereocenters. The standard InChI is InChI=1S/C9H13IO2/c1-2-12-9(11)7-5-3-4-6-8-10/h2-4,6,8H2,1H3. The van der Waals surface area contributed by atoms with Gasteiger partial charge in [-0.15, -0.1) is 0 Å². The fraction of sp³-hybridized carbons (Fsp3) is 0.667. The summed E-state index contributed by atoms with van der Waals surface area (Å²) in [5.74, 6) is 4.80. The highest BCUT2D eigenvalue weighted by molar-refractivity contribution is 14.1. The van der Waals surface area contributed by atoms with Crippen molar-refractivity contribution in [2.24, 2.45) is 0 Å². The molecule has 0 amide bonds. The third kappa shape index (κ3) is 7.86. The highest BCUT2D eigenvalue weighted by atomic mass is 127. The van der Waals surface area contributed by atoms with E-state index in [9.17, 15) is 4.79 Å². The Balaban J connectivity index is 3.38. The highest BCUT2D eigenvalue weighted by Gasteiger charge is 1.90.